The van der Waals surface area contributed by atoms with Crippen molar-refractivity contribution in [3.63, 3.8) is 0 Å². The van der Waals surface area contributed by atoms with Crippen molar-refractivity contribution in [1.82, 2.24) is 0 Å². The van der Waals surface area contributed by atoms with Gasteiger partial charge in [-0.15, -0.1) is 0 Å². The average Bonchev–Trinajstić information content (AvgIpc) is 2.47. The molecule has 1 aromatic rings. The third-order valence-electron chi connectivity index (χ3n) is 5.47. The molecule has 0 aliphatic carbocycles. The Morgan fingerprint density at radius 2 is 1.52 bits per heavy atom. The van der Waals surface area contributed by atoms with Gasteiger partial charge in [0.1, 0.15) is 0 Å². The Balaban J connectivity index is 3.19. The molecule has 0 aliphatic rings. The first-order valence-electron chi connectivity index (χ1n) is 8.80. The number of amides is 1. The summed E-state index contributed by atoms with van der Waals surface area (Å²) in [6.07, 6.45) is 3.48. The minimum absolute atomic E-state index is 0.150. The molecule has 0 aliphatic heterocycles. The first-order valence-corrected chi connectivity index (χ1v) is 11.9. The van der Waals surface area contributed by atoms with Gasteiger partial charge >= 0.3 is 147 Å². The van der Waals surface area contributed by atoms with Crippen LogP contribution in [0.4, 0.5) is 5.69 Å². The summed E-state index contributed by atoms with van der Waals surface area (Å²) in [7, 11) is -1.61. The predicted molar refractivity (Wildman–Crippen MR) is 108 cm³/mol. The van der Waals surface area contributed by atoms with Gasteiger partial charge in [0, 0.05) is 0 Å². The minimum atomic E-state index is -1.61. The van der Waals surface area contributed by atoms with Gasteiger partial charge in [-0.25, -0.2) is 0 Å². The second kappa shape index (κ2) is 8.49. The molecule has 0 bridgehead atoms. The van der Waals surface area contributed by atoms with Crippen molar-refractivity contribution in [3.05, 3.63) is 28.3 Å². The van der Waals surface area contributed by atoms with E-state index in [0.29, 0.717) is 5.92 Å². The number of carbonyl (C=O) groups excluding carboxylic acids is 1. The van der Waals surface area contributed by atoms with Gasteiger partial charge in [0.15, 0.2) is 0 Å². The predicted octanol–water partition coefficient (Wildman–Crippen LogP) is 5.73. The van der Waals surface area contributed by atoms with Crippen LogP contribution in [0.15, 0.2) is 12.1 Å². The van der Waals surface area contributed by atoms with Crippen molar-refractivity contribution in [3.8, 4) is 0 Å². The van der Waals surface area contributed by atoms with E-state index in [1.54, 1.807) is 0 Å². The Labute approximate surface area is 147 Å². The summed E-state index contributed by atoms with van der Waals surface area (Å²) in [6.45, 7) is 15.2. The normalized spacial score (nSPS) is 14.0. The second-order valence-corrected chi connectivity index (χ2v) is 13.0. The fraction of sp³-hybridized carbons (Fsp3) is 0.632. The van der Waals surface area contributed by atoms with E-state index in [1.807, 2.05) is 26.0 Å². The van der Waals surface area contributed by atoms with E-state index < -0.39 is 7.26 Å². The second-order valence-electron chi connectivity index (χ2n) is 7.05. The first kappa shape index (κ1) is 20.5. The molecule has 1 atom stereocenters. The van der Waals surface area contributed by atoms with E-state index in [-0.39, 0.29) is 11.6 Å². The molecule has 23 heavy (non-hydrogen) atoms. The van der Waals surface area contributed by atoms with Gasteiger partial charge in [-0.2, -0.15) is 0 Å². The molecule has 0 saturated heterocycles. The number of hydrogen-bond donors (Lipinski definition) is 1. The van der Waals surface area contributed by atoms with Crippen LogP contribution in [-0.2, 0) is 4.79 Å². The first-order chi connectivity index (χ1) is 10.7. The summed E-state index contributed by atoms with van der Waals surface area (Å²) in [5, 5.41) is 3.95. The van der Waals surface area contributed by atoms with Crippen molar-refractivity contribution >= 4 is 30.5 Å². The maximum atomic E-state index is 13.2. The molecule has 2 nitrogen and oxygen atoms in total. The molecule has 0 saturated carbocycles. The summed E-state index contributed by atoms with van der Waals surface area (Å²) in [4.78, 5) is 13.2. The molecule has 132 valence electrons. The number of aryl methyl sites for hydroxylation is 2. The van der Waals surface area contributed by atoms with Crippen molar-refractivity contribution < 1.29 is 4.79 Å². The average molecular weight is 358 g/mol. The van der Waals surface area contributed by atoms with Crippen LogP contribution in [0, 0.1) is 19.8 Å². The number of rotatable bonds is 7. The zero-order valence-corrected chi connectivity index (χ0v) is 17.5. The molecule has 0 fully saturated rings. The van der Waals surface area contributed by atoms with Gasteiger partial charge in [0.25, 0.3) is 0 Å². The number of carbonyl (C=O) groups is 1. The quantitative estimate of drug-likeness (QED) is 0.620. The zero-order valence-electron chi connectivity index (χ0n) is 15.7. The summed E-state index contributed by atoms with van der Waals surface area (Å²) < 4.78 is 0. The Bertz CT molecular complexity index is 521. The van der Waals surface area contributed by atoms with Crippen LogP contribution in [0.3, 0.4) is 0 Å². The molecule has 1 unspecified atom stereocenters. The molecule has 0 radical (unpaired) electrons. The summed E-state index contributed by atoms with van der Waals surface area (Å²) in [6, 6.07) is 3.83. The van der Waals surface area contributed by atoms with Gasteiger partial charge in [-0.3, -0.25) is 0 Å². The topological polar surface area (TPSA) is 29.1 Å². The number of nitrogens with one attached hydrogen (secondary N) is 1. The third kappa shape index (κ3) is 4.48. The van der Waals surface area contributed by atoms with Gasteiger partial charge in [0.05, 0.1) is 0 Å². The van der Waals surface area contributed by atoms with Crippen molar-refractivity contribution in [2.24, 2.45) is 5.92 Å². The molecule has 0 spiro atoms. The molecule has 1 rings (SSSR count). The van der Waals surface area contributed by atoms with Crippen LogP contribution in [0.1, 0.15) is 45.7 Å². The Morgan fingerprint density at radius 1 is 1.09 bits per heavy atom. The van der Waals surface area contributed by atoms with Crippen LogP contribution < -0.4 is 5.32 Å². The van der Waals surface area contributed by atoms with E-state index in [1.165, 1.54) is 0 Å². The summed E-state index contributed by atoms with van der Waals surface area (Å²) in [5.41, 5.74) is 3.14. The molecule has 0 heterocycles. The third-order valence-corrected chi connectivity index (χ3v) is 12.2. The van der Waals surface area contributed by atoms with E-state index in [4.69, 9.17) is 11.6 Å². The van der Waals surface area contributed by atoms with Gasteiger partial charge < -0.3 is 0 Å². The standard InChI is InChI=1S/C19H33ClNOP/c1-8-23(9-2,10-3)18(13(4)5)19(22)21-17-14(6)11-16(20)12-15(17)7/h11-13,18,23H,8-10H2,1-7H3,(H,21,22). The molecule has 1 N–H and O–H groups in total. The molecular weight excluding hydrogens is 325 g/mol. The maximum absolute atomic E-state index is 13.2. The Kier molecular flexibility index (Phi) is 7.55. The van der Waals surface area contributed by atoms with Crippen molar-refractivity contribution in [1.29, 1.82) is 0 Å². The fourth-order valence-electron chi connectivity index (χ4n) is 4.01. The fourth-order valence-corrected chi connectivity index (χ4v) is 9.20. The number of anilines is 1. The molecule has 0 aromatic heterocycles. The van der Waals surface area contributed by atoms with Crippen LogP contribution in [0.5, 0.6) is 0 Å². The Morgan fingerprint density at radius 3 is 1.87 bits per heavy atom. The van der Waals surface area contributed by atoms with Crippen molar-refractivity contribution in [2.45, 2.75) is 54.1 Å². The molecule has 1 aromatic carbocycles. The molecular formula is C19H33ClNOP. The molecule has 1 amide bonds. The Hall–Kier alpha value is -0.590. The summed E-state index contributed by atoms with van der Waals surface area (Å²) in [5.74, 6) is 0.570. The van der Waals surface area contributed by atoms with E-state index >= 15 is 0 Å². The van der Waals surface area contributed by atoms with Gasteiger partial charge in [-0.05, 0) is 0 Å². The van der Waals surface area contributed by atoms with E-state index in [9.17, 15) is 4.79 Å². The number of benzene rings is 1. The molecule has 4 heteroatoms. The zero-order chi connectivity index (χ0) is 17.8. The van der Waals surface area contributed by atoms with Gasteiger partial charge in [0.2, 0.25) is 0 Å². The summed E-state index contributed by atoms with van der Waals surface area (Å²) >= 11 is 6.11. The number of halogens is 1. The van der Waals surface area contributed by atoms with E-state index in [2.05, 4.69) is 39.9 Å². The van der Waals surface area contributed by atoms with Gasteiger partial charge in [-0.1, -0.05) is 0 Å². The SMILES string of the molecule is CC[PH](CC)(CC)C(C(=O)Nc1c(C)cc(Cl)cc1C)C(C)C. The van der Waals surface area contributed by atoms with Crippen LogP contribution >= 0.6 is 18.9 Å². The van der Waals surface area contributed by atoms with Crippen LogP contribution in [0.25, 0.3) is 0 Å². The monoisotopic (exact) mass is 357 g/mol. The van der Waals surface area contributed by atoms with Crippen LogP contribution in [-0.4, -0.2) is 30.1 Å². The van der Waals surface area contributed by atoms with Crippen molar-refractivity contribution in [2.75, 3.05) is 23.8 Å². The van der Waals surface area contributed by atoms with Crippen LogP contribution in [0.2, 0.25) is 5.02 Å². The number of hydrogen-bond acceptors (Lipinski definition) is 1. The van der Waals surface area contributed by atoms with E-state index in [0.717, 1.165) is 40.3 Å².